The van der Waals surface area contributed by atoms with E-state index in [1.807, 2.05) is 0 Å². The van der Waals surface area contributed by atoms with Crippen molar-refractivity contribution in [2.75, 3.05) is 20.4 Å². The summed E-state index contributed by atoms with van der Waals surface area (Å²) in [5.74, 6) is -0.156. The van der Waals surface area contributed by atoms with Crippen molar-refractivity contribution >= 4 is 13.9 Å². The Labute approximate surface area is 107 Å². The molecule has 0 fully saturated rings. The zero-order chi connectivity index (χ0) is 14.2. The maximum Gasteiger partial charge on any atom is 0.396 e. The predicted molar refractivity (Wildman–Crippen MR) is 69.3 cm³/mol. The van der Waals surface area contributed by atoms with Crippen LogP contribution in [0.3, 0.4) is 0 Å². The average Bonchev–Trinajstić information content (AvgIpc) is 2.18. The minimum atomic E-state index is -4.26. The van der Waals surface area contributed by atoms with Crippen LogP contribution in [0.5, 0.6) is 0 Å². The quantitative estimate of drug-likeness (QED) is 0.188. The largest absolute Gasteiger partial charge is 0.396 e. The van der Waals surface area contributed by atoms with E-state index in [2.05, 4.69) is 35.5 Å². The lowest BCUT2D eigenvalue weighted by Crippen LogP contribution is -2.41. The first kappa shape index (κ1) is 17.4. The third kappa shape index (κ3) is 11.9. The number of nitrogens with one attached hydrogen (secondary N) is 2. The van der Waals surface area contributed by atoms with Crippen molar-refractivity contribution in [1.29, 1.82) is 0 Å². The molecule has 0 aliphatic carbocycles. The third-order valence-electron chi connectivity index (χ3n) is 2.04. The summed E-state index contributed by atoms with van der Waals surface area (Å²) in [5.41, 5.74) is 4.95. The third-order valence-corrected chi connectivity index (χ3v) is 3.75. The van der Waals surface area contributed by atoms with Gasteiger partial charge in [0.2, 0.25) is 0 Å². The Morgan fingerprint density at radius 3 is 2.33 bits per heavy atom. The highest BCUT2D eigenvalue weighted by Crippen LogP contribution is 2.19. The maximum atomic E-state index is 12.1. The summed E-state index contributed by atoms with van der Waals surface area (Å²) in [5, 5.41) is 0. The van der Waals surface area contributed by atoms with Crippen molar-refractivity contribution in [2.24, 2.45) is 4.99 Å². The SMILES string of the molecule is CN=C(CC(F)(F)F)NNCOCC[Si](C)(C)C. The van der Waals surface area contributed by atoms with Crippen LogP contribution in [0.25, 0.3) is 0 Å². The van der Waals surface area contributed by atoms with E-state index in [0.29, 0.717) is 6.61 Å². The molecule has 0 aromatic heterocycles. The molecule has 0 rings (SSSR count). The summed E-state index contributed by atoms with van der Waals surface area (Å²) in [7, 11) is 0.184. The van der Waals surface area contributed by atoms with Gasteiger partial charge in [0.05, 0.1) is 0 Å². The Bertz CT molecular complexity index is 264. The topological polar surface area (TPSA) is 45.7 Å². The average molecular weight is 285 g/mol. The molecule has 0 aliphatic rings. The van der Waals surface area contributed by atoms with Crippen molar-refractivity contribution in [1.82, 2.24) is 10.9 Å². The van der Waals surface area contributed by atoms with Gasteiger partial charge in [0, 0.05) is 21.7 Å². The standard InChI is InChI=1S/C10H22F3N3OSi/c1-14-9(7-10(11,12)13)16-15-8-17-5-6-18(2,3)4/h15H,5-8H2,1-4H3,(H,14,16). The number of nitrogens with zero attached hydrogens (tertiary/aromatic N) is 1. The molecule has 8 heteroatoms. The number of alkyl halides is 3. The van der Waals surface area contributed by atoms with Gasteiger partial charge in [-0.2, -0.15) is 13.2 Å². The van der Waals surface area contributed by atoms with Gasteiger partial charge in [-0.3, -0.25) is 4.99 Å². The van der Waals surface area contributed by atoms with Crippen LogP contribution in [0.1, 0.15) is 6.42 Å². The number of halogens is 3. The van der Waals surface area contributed by atoms with Gasteiger partial charge in [-0.05, 0) is 6.04 Å². The first-order valence-electron chi connectivity index (χ1n) is 5.73. The van der Waals surface area contributed by atoms with Crippen LogP contribution >= 0.6 is 0 Å². The smallest absolute Gasteiger partial charge is 0.365 e. The zero-order valence-corrected chi connectivity index (χ0v) is 12.3. The summed E-state index contributed by atoms with van der Waals surface area (Å²) in [6, 6.07) is 1.02. The number of ether oxygens (including phenoxy) is 1. The van der Waals surface area contributed by atoms with E-state index in [4.69, 9.17) is 4.74 Å². The fourth-order valence-electron chi connectivity index (χ4n) is 1.01. The molecular weight excluding hydrogens is 263 g/mol. The number of rotatable bonds is 7. The zero-order valence-electron chi connectivity index (χ0n) is 11.3. The van der Waals surface area contributed by atoms with Gasteiger partial charge in [0.15, 0.2) is 0 Å². The number of hydrogen-bond acceptors (Lipinski definition) is 3. The molecule has 0 bridgehead atoms. The van der Waals surface area contributed by atoms with Crippen molar-refractivity contribution < 1.29 is 17.9 Å². The van der Waals surface area contributed by atoms with Gasteiger partial charge in [-0.15, -0.1) is 0 Å². The lowest BCUT2D eigenvalue weighted by Gasteiger charge is -2.16. The molecule has 0 aromatic rings. The molecule has 0 unspecified atom stereocenters. The molecule has 0 aromatic carbocycles. The van der Waals surface area contributed by atoms with Crippen LogP contribution < -0.4 is 10.9 Å². The second kappa shape index (κ2) is 7.75. The van der Waals surface area contributed by atoms with E-state index in [1.54, 1.807) is 0 Å². The molecular formula is C10H22F3N3OSi. The van der Waals surface area contributed by atoms with E-state index in [9.17, 15) is 13.2 Å². The highest BCUT2D eigenvalue weighted by Gasteiger charge is 2.29. The first-order valence-corrected chi connectivity index (χ1v) is 9.44. The van der Waals surface area contributed by atoms with Crippen molar-refractivity contribution in [3.05, 3.63) is 0 Å². The number of hydrazine groups is 1. The lowest BCUT2D eigenvalue weighted by atomic mass is 10.4. The first-order chi connectivity index (χ1) is 8.14. The van der Waals surface area contributed by atoms with Gasteiger partial charge in [0.25, 0.3) is 0 Å². The highest BCUT2D eigenvalue weighted by atomic mass is 28.3. The Balaban J connectivity index is 3.65. The summed E-state index contributed by atoms with van der Waals surface area (Å²) in [6.07, 6.45) is -5.34. The van der Waals surface area contributed by atoms with E-state index in [0.717, 1.165) is 6.04 Å². The number of amidine groups is 1. The van der Waals surface area contributed by atoms with Gasteiger partial charge < -0.3 is 10.2 Å². The number of aliphatic imine (C=N–C) groups is 1. The summed E-state index contributed by atoms with van der Waals surface area (Å²) in [6.45, 7) is 7.46. The minimum absolute atomic E-state index is 0.154. The molecule has 0 saturated carbocycles. The van der Waals surface area contributed by atoms with Crippen LogP contribution in [-0.2, 0) is 4.74 Å². The molecule has 2 N–H and O–H groups in total. The van der Waals surface area contributed by atoms with Crippen molar-refractivity contribution in [3.63, 3.8) is 0 Å². The maximum absolute atomic E-state index is 12.1. The van der Waals surface area contributed by atoms with Crippen molar-refractivity contribution in [3.8, 4) is 0 Å². The molecule has 0 heterocycles. The van der Waals surface area contributed by atoms with Gasteiger partial charge in [-0.25, -0.2) is 5.43 Å². The van der Waals surface area contributed by atoms with Crippen LogP contribution in [0.4, 0.5) is 13.2 Å². The molecule has 0 spiro atoms. The predicted octanol–water partition coefficient (Wildman–Crippen LogP) is 2.37. The normalized spacial score (nSPS) is 13.8. The van der Waals surface area contributed by atoms with Crippen LogP contribution in [0, 0.1) is 0 Å². The van der Waals surface area contributed by atoms with Crippen LogP contribution in [0.2, 0.25) is 25.7 Å². The van der Waals surface area contributed by atoms with Crippen LogP contribution in [0.15, 0.2) is 4.99 Å². The van der Waals surface area contributed by atoms with Gasteiger partial charge in [-0.1, -0.05) is 19.6 Å². The second-order valence-corrected chi connectivity index (χ2v) is 10.7. The van der Waals surface area contributed by atoms with E-state index in [-0.39, 0.29) is 12.6 Å². The van der Waals surface area contributed by atoms with Gasteiger partial charge >= 0.3 is 6.18 Å². The van der Waals surface area contributed by atoms with Crippen molar-refractivity contribution in [2.45, 2.75) is 38.3 Å². The van der Waals surface area contributed by atoms with E-state index in [1.165, 1.54) is 7.05 Å². The monoisotopic (exact) mass is 285 g/mol. The second-order valence-electron chi connectivity index (χ2n) is 5.13. The van der Waals surface area contributed by atoms with Gasteiger partial charge in [0.1, 0.15) is 19.0 Å². The Kier molecular flexibility index (Phi) is 7.49. The fourth-order valence-corrected chi connectivity index (χ4v) is 1.77. The Hall–Kier alpha value is -0.603. The minimum Gasteiger partial charge on any atom is -0.365 e. The summed E-state index contributed by atoms with van der Waals surface area (Å²) in [4.78, 5) is 3.50. The molecule has 0 amide bonds. The molecule has 18 heavy (non-hydrogen) atoms. The molecule has 0 aliphatic heterocycles. The lowest BCUT2D eigenvalue weighted by molar-refractivity contribution is -0.121. The summed E-state index contributed by atoms with van der Waals surface area (Å²) < 4.78 is 41.5. The molecule has 0 atom stereocenters. The highest BCUT2D eigenvalue weighted by molar-refractivity contribution is 6.76. The Morgan fingerprint density at radius 2 is 1.89 bits per heavy atom. The Morgan fingerprint density at radius 1 is 1.28 bits per heavy atom. The van der Waals surface area contributed by atoms with Crippen LogP contribution in [-0.4, -0.2) is 40.5 Å². The van der Waals surface area contributed by atoms with E-state index >= 15 is 0 Å². The number of hydrogen-bond donors (Lipinski definition) is 2. The molecule has 4 nitrogen and oxygen atoms in total. The summed E-state index contributed by atoms with van der Waals surface area (Å²) >= 11 is 0. The molecule has 0 radical (unpaired) electrons. The fraction of sp³-hybridized carbons (Fsp3) is 0.900. The molecule has 108 valence electrons. The molecule has 0 saturated heterocycles. The van der Waals surface area contributed by atoms with E-state index < -0.39 is 20.7 Å².